The molecule has 2 atom stereocenters. The molecule has 2 N–H and O–H groups in total. The maximum atomic E-state index is 14.1. The Morgan fingerprint density at radius 2 is 2.00 bits per heavy atom. The summed E-state index contributed by atoms with van der Waals surface area (Å²) in [4.78, 5) is 28.4. The average molecular weight is 416 g/mol. The molecular weight excluding hydrogens is 402 g/mol. The molecule has 0 unspecified atom stereocenters. The lowest BCUT2D eigenvalue weighted by atomic mass is 9.95. The van der Waals surface area contributed by atoms with Crippen molar-refractivity contribution in [3.05, 3.63) is 62.3 Å². The molecule has 0 aliphatic carbocycles. The summed E-state index contributed by atoms with van der Waals surface area (Å²) >= 11 is 5.48. The molecule has 1 saturated heterocycles. The number of pyridine rings is 1. The molecule has 0 radical (unpaired) electrons. The monoisotopic (exact) mass is 415 g/mol. The van der Waals surface area contributed by atoms with Crippen molar-refractivity contribution < 1.29 is 22.4 Å². The van der Waals surface area contributed by atoms with Gasteiger partial charge < -0.3 is 15.2 Å². The highest BCUT2D eigenvalue weighted by atomic mass is 35.5. The van der Waals surface area contributed by atoms with Gasteiger partial charge in [0.2, 0.25) is 5.56 Å². The third-order valence-corrected chi connectivity index (χ3v) is 5.51. The largest absolute Gasteiger partial charge is 0.417 e. The summed E-state index contributed by atoms with van der Waals surface area (Å²) < 4.78 is 53.2. The Balaban J connectivity index is 1.63. The zero-order valence-corrected chi connectivity index (χ0v) is 15.0. The molecule has 2 bridgehead atoms. The molecule has 3 heterocycles. The number of fused-ring (bicyclic) bond motifs is 4. The molecule has 4 rings (SSSR count). The predicted molar refractivity (Wildman–Crippen MR) is 93.8 cm³/mol. The first-order chi connectivity index (χ1) is 13.1. The van der Waals surface area contributed by atoms with Crippen LogP contribution in [-0.4, -0.2) is 22.0 Å². The Morgan fingerprint density at radius 3 is 2.71 bits per heavy atom. The van der Waals surface area contributed by atoms with Crippen molar-refractivity contribution in [1.29, 1.82) is 0 Å². The number of amides is 2. The van der Waals surface area contributed by atoms with Gasteiger partial charge >= 0.3 is 12.2 Å². The molecule has 1 aromatic carbocycles. The van der Waals surface area contributed by atoms with Gasteiger partial charge in [-0.25, -0.2) is 9.18 Å². The lowest BCUT2D eigenvalue weighted by molar-refractivity contribution is -0.137. The number of benzene rings is 1. The molecule has 2 amide bonds. The third-order valence-electron chi connectivity index (χ3n) is 5.20. The second kappa shape index (κ2) is 6.51. The Kier molecular flexibility index (Phi) is 4.37. The molecule has 5 nitrogen and oxygen atoms in total. The highest BCUT2D eigenvalue weighted by molar-refractivity contribution is 6.31. The van der Waals surface area contributed by atoms with Crippen LogP contribution < -0.4 is 10.9 Å². The van der Waals surface area contributed by atoms with E-state index in [-0.39, 0.29) is 17.6 Å². The molecule has 148 valence electrons. The summed E-state index contributed by atoms with van der Waals surface area (Å²) in [6.45, 7) is 0. The van der Waals surface area contributed by atoms with Gasteiger partial charge in [0.05, 0.1) is 22.3 Å². The number of alkyl halides is 3. The number of H-pyrrole nitrogens is 1. The fourth-order valence-electron chi connectivity index (χ4n) is 4.00. The summed E-state index contributed by atoms with van der Waals surface area (Å²) in [5.41, 5.74) is -0.420. The number of anilines is 1. The van der Waals surface area contributed by atoms with Crippen molar-refractivity contribution in [2.45, 2.75) is 37.5 Å². The number of carbonyl (C=O) groups is 1. The van der Waals surface area contributed by atoms with Crippen molar-refractivity contribution >= 4 is 23.3 Å². The standard InChI is InChI=1S/C18H14ClF4N3O2/c19-12-6-13(20)14(5-11(12)18(21,22)23)25-17(28)26-9-1-2-15(26)10-7-24-16(27)4-8(10)3-9/h4-7,9,15H,1-3H2,(H,24,27)(H,25,28)/t9-,15+/m1/s1. The number of hydrogen-bond donors (Lipinski definition) is 2. The first-order valence-corrected chi connectivity index (χ1v) is 8.90. The molecule has 28 heavy (non-hydrogen) atoms. The summed E-state index contributed by atoms with van der Waals surface area (Å²) in [6.07, 6.45) is -1.44. The van der Waals surface area contributed by atoms with E-state index in [2.05, 4.69) is 10.3 Å². The van der Waals surface area contributed by atoms with Gasteiger partial charge in [0.1, 0.15) is 5.82 Å². The first kappa shape index (κ1) is 18.8. The quantitative estimate of drug-likeness (QED) is 0.674. The maximum absolute atomic E-state index is 14.1. The number of halogens is 5. The van der Waals surface area contributed by atoms with Crippen LogP contribution in [0.1, 0.15) is 35.6 Å². The number of carbonyl (C=O) groups excluding carboxylic acids is 1. The van der Waals surface area contributed by atoms with Crippen LogP contribution in [-0.2, 0) is 12.6 Å². The van der Waals surface area contributed by atoms with Crippen molar-refractivity contribution in [2.24, 2.45) is 0 Å². The van der Waals surface area contributed by atoms with Crippen molar-refractivity contribution in [3.63, 3.8) is 0 Å². The van der Waals surface area contributed by atoms with Gasteiger partial charge in [0, 0.05) is 18.3 Å². The molecule has 1 fully saturated rings. The number of hydrogen-bond acceptors (Lipinski definition) is 2. The second-order valence-corrected chi connectivity index (χ2v) is 7.28. The van der Waals surface area contributed by atoms with Gasteiger partial charge in [-0.1, -0.05) is 11.6 Å². The molecule has 0 saturated carbocycles. The minimum Gasteiger partial charge on any atom is -0.329 e. The Hall–Kier alpha value is -2.55. The molecule has 2 aliphatic heterocycles. The lowest BCUT2D eigenvalue weighted by Gasteiger charge is -2.36. The van der Waals surface area contributed by atoms with Crippen LogP contribution in [0.25, 0.3) is 0 Å². The van der Waals surface area contributed by atoms with E-state index < -0.39 is 34.3 Å². The minimum atomic E-state index is -4.78. The molecular formula is C18H14ClF4N3O2. The van der Waals surface area contributed by atoms with Gasteiger partial charge in [-0.15, -0.1) is 0 Å². The van der Waals surface area contributed by atoms with E-state index in [1.54, 1.807) is 6.20 Å². The van der Waals surface area contributed by atoms with E-state index in [4.69, 9.17) is 11.6 Å². The Bertz CT molecular complexity index is 1020. The van der Waals surface area contributed by atoms with E-state index in [1.165, 1.54) is 11.0 Å². The van der Waals surface area contributed by atoms with Crippen LogP contribution in [0.5, 0.6) is 0 Å². The SMILES string of the molecule is O=C(Nc1cc(C(F)(F)F)c(Cl)cc1F)N1[C@@H]2CC[C@H]1c1c[nH]c(=O)cc1C2. The summed E-state index contributed by atoms with van der Waals surface area (Å²) in [5, 5.41) is 1.47. The molecule has 0 spiro atoms. The second-order valence-electron chi connectivity index (χ2n) is 6.88. The van der Waals surface area contributed by atoms with Crippen LogP contribution in [0.4, 0.5) is 28.0 Å². The van der Waals surface area contributed by atoms with Crippen LogP contribution in [0.2, 0.25) is 5.02 Å². The van der Waals surface area contributed by atoms with Gasteiger partial charge in [-0.2, -0.15) is 13.2 Å². The van der Waals surface area contributed by atoms with E-state index in [1.807, 2.05) is 0 Å². The topological polar surface area (TPSA) is 65.2 Å². The molecule has 10 heteroatoms. The molecule has 2 aliphatic rings. The number of rotatable bonds is 1. The smallest absolute Gasteiger partial charge is 0.329 e. The van der Waals surface area contributed by atoms with Crippen LogP contribution in [0, 0.1) is 5.82 Å². The summed E-state index contributed by atoms with van der Waals surface area (Å²) in [7, 11) is 0. The molecule has 1 aromatic heterocycles. The Morgan fingerprint density at radius 1 is 1.25 bits per heavy atom. The fraction of sp³-hybridized carbons (Fsp3) is 0.333. The number of nitrogens with one attached hydrogen (secondary N) is 2. The maximum Gasteiger partial charge on any atom is 0.417 e. The number of nitrogens with zero attached hydrogens (tertiary/aromatic N) is 1. The van der Waals surface area contributed by atoms with Gasteiger partial charge in [-0.05, 0) is 42.5 Å². The highest BCUT2D eigenvalue weighted by Crippen LogP contribution is 2.43. The van der Waals surface area contributed by atoms with Gasteiger partial charge in [0.25, 0.3) is 0 Å². The predicted octanol–water partition coefficient (Wildman–Crippen LogP) is 4.48. The zero-order valence-electron chi connectivity index (χ0n) is 14.2. The van der Waals surface area contributed by atoms with E-state index >= 15 is 0 Å². The van der Waals surface area contributed by atoms with Crippen LogP contribution in [0.3, 0.4) is 0 Å². The van der Waals surface area contributed by atoms with E-state index in [0.717, 1.165) is 11.1 Å². The highest BCUT2D eigenvalue weighted by Gasteiger charge is 2.43. The number of aromatic nitrogens is 1. The third kappa shape index (κ3) is 3.13. The van der Waals surface area contributed by atoms with E-state index in [0.29, 0.717) is 31.4 Å². The first-order valence-electron chi connectivity index (χ1n) is 8.52. The van der Waals surface area contributed by atoms with Crippen LogP contribution in [0.15, 0.2) is 29.2 Å². The normalized spacial score (nSPS) is 20.8. The van der Waals surface area contributed by atoms with Crippen molar-refractivity contribution in [2.75, 3.05) is 5.32 Å². The number of aromatic amines is 1. The van der Waals surface area contributed by atoms with Crippen LogP contribution >= 0.6 is 11.6 Å². The van der Waals surface area contributed by atoms with E-state index in [9.17, 15) is 27.2 Å². The Labute approximate surface area is 161 Å². The van der Waals surface area contributed by atoms with Crippen molar-refractivity contribution in [3.8, 4) is 0 Å². The number of urea groups is 1. The van der Waals surface area contributed by atoms with Gasteiger partial charge in [-0.3, -0.25) is 4.79 Å². The van der Waals surface area contributed by atoms with Crippen molar-refractivity contribution in [1.82, 2.24) is 9.88 Å². The zero-order chi connectivity index (χ0) is 20.2. The minimum absolute atomic E-state index is 0.211. The van der Waals surface area contributed by atoms with Gasteiger partial charge in [0.15, 0.2) is 0 Å². The summed E-state index contributed by atoms with van der Waals surface area (Å²) in [5.74, 6) is -1.06. The lowest BCUT2D eigenvalue weighted by Crippen LogP contribution is -2.44. The average Bonchev–Trinajstić information content (AvgIpc) is 2.91. The summed E-state index contributed by atoms with van der Waals surface area (Å²) in [6, 6.07) is 1.28. The molecule has 2 aromatic rings. The fourth-order valence-corrected chi connectivity index (χ4v) is 4.26.